The highest BCUT2D eigenvalue weighted by Crippen LogP contribution is 2.25. The number of halogens is 1. The van der Waals surface area contributed by atoms with Crippen LogP contribution < -0.4 is 25.8 Å². The summed E-state index contributed by atoms with van der Waals surface area (Å²) in [6, 6.07) is 10.1. The van der Waals surface area contributed by atoms with Gasteiger partial charge in [-0.25, -0.2) is 9.82 Å². The predicted molar refractivity (Wildman–Crippen MR) is 127 cm³/mol. The molecule has 0 spiro atoms. The molecule has 1 fully saturated rings. The Morgan fingerprint density at radius 1 is 1.24 bits per heavy atom. The number of methoxy groups -OCH3 is 1. The normalized spacial score (nSPS) is 14.1. The van der Waals surface area contributed by atoms with Crippen LogP contribution in [0.4, 0.5) is 10.1 Å². The second-order valence-electron chi connectivity index (χ2n) is 7.69. The van der Waals surface area contributed by atoms with E-state index in [0.717, 1.165) is 18.7 Å². The molecule has 1 aliphatic rings. The first kappa shape index (κ1) is 22.5. The number of hydrogen-bond donors (Lipinski definition) is 2. The number of ether oxygens (including phenoxy) is 1. The maximum absolute atomic E-state index is 15.0. The Labute approximate surface area is 190 Å². The number of carbonyl (C=O) groups is 1. The molecule has 0 saturated carbocycles. The number of hydrazone groups is 1. The Hall–Kier alpha value is -3.72. The lowest BCUT2D eigenvalue weighted by Gasteiger charge is -2.30. The van der Waals surface area contributed by atoms with Crippen LogP contribution in [0.3, 0.4) is 0 Å². The number of nitrogens with one attached hydrogen (secondary N) is 2. The molecule has 0 bridgehead atoms. The number of amides is 1. The largest absolute Gasteiger partial charge is 0.497 e. The van der Waals surface area contributed by atoms with Crippen molar-refractivity contribution < 1.29 is 13.9 Å². The van der Waals surface area contributed by atoms with Crippen molar-refractivity contribution in [2.45, 2.75) is 13.5 Å². The fourth-order valence-electron chi connectivity index (χ4n) is 3.89. The topological polar surface area (TPSA) is 88.0 Å². The molecule has 8 nitrogen and oxygen atoms in total. The molecule has 2 heterocycles. The first-order valence-electron chi connectivity index (χ1n) is 10.8. The van der Waals surface area contributed by atoms with Crippen molar-refractivity contribution in [2.75, 3.05) is 38.2 Å². The standard InChI is InChI=1S/C24H26FN5O3/c1-3-29-15-19(24(32)28-27-14-16-4-6-17(33-2)7-5-16)23(31)18-12-20(25)22(13-21(18)29)30-10-8-26-9-11-30/h4-7,12-15,26H,3,8-11H2,1-2H3,(H,28,32)/b27-14+. The number of benzene rings is 2. The molecule has 33 heavy (non-hydrogen) atoms. The molecule has 1 aromatic heterocycles. The Bertz CT molecular complexity index is 1250. The van der Waals surface area contributed by atoms with Crippen LogP contribution in [-0.4, -0.2) is 50.0 Å². The monoisotopic (exact) mass is 451 g/mol. The van der Waals surface area contributed by atoms with Gasteiger partial charge in [-0.1, -0.05) is 0 Å². The van der Waals surface area contributed by atoms with Crippen LogP contribution in [0.15, 0.2) is 52.5 Å². The number of fused-ring (bicyclic) bond motifs is 1. The minimum atomic E-state index is -0.652. The first-order valence-corrected chi connectivity index (χ1v) is 10.8. The third kappa shape index (κ3) is 4.73. The number of pyridine rings is 1. The Balaban J connectivity index is 1.63. The lowest BCUT2D eigenvalue weighted by atomic mass is 10.1. The number of aryl methyl sites for hydroxylation is 1. The fraction of sp³-hybridized carbons (Fsp3) is 0.292. The summed E-state index contributed by atoms with van der Waals surface area (Å²) >= 11 is 0. The van der Waals surface area contributed by atoms with E-state index in [1.54, 1.807) is 42.0 Å². The van der Waals surface area contributed by atoms with Crippen molar-refractivity contribution in [3.8, 4) is 5.75 Å². The third-order valence-electron chi connectivity index (χ3n) is 5.69. The average molecular weight is 452 g/mol. The van der Waals surface area contributed by atoms with Gasteiger partial charge in [-0.05, 0) is 48.9 Å². The molecule has 1 amide bonds. The smallest absolute Gasteiger partial charge is 0.276 e. The van der Waals surface area contributed by atoms with Gasteiger partial charge in [0.05, 0.1) is 24.5 Å². The third-order valence-corrected chi connectivity index (χ3v) is 5.69. The molecule has 2 N–H and O–H groups in total. The zero-order valence-electron chi connectivity index (χ0n) is 18.6. The van der Waals surface area contributed by atoms with Gasteiger partial charge in [-0.3, -0.25) is 9.59 Å². The maximum Gasteiger partial charge on any atom is 0.276 e. The van der Waals surface area contributed by atoms with Gasteiger partial charge in [0.1, 0.15) is 17.1 Å². The van der Waals surface area contributed by atoms with Crippen molar-refractivity contribution in [1.29, 1.82) is 0 Å². The van der Waals surface area contributed by atoms with Gasteiger partial charge in [0, 0.05) is 44.3 Å². The summed E-state index contributed by atoms with van der Waals surface area (Å²) in [5.41, 5.74) is 3.58. The molecule has 1 aliphatic heterocycles. The van der Waals surface area contributed by atoms with E-state index in [9.17, 15) is 14.0 Å². The lowest BCUT2D eigenvalue weighted by Crippen LogP contribution is -2.43. The van der Waals surface area contributed by atoms with Crippen LogP contribution in [0.1, 0.15) is 22.8 Å². The lowest BCUT2D eigenvalue weighted by molar-refractivity contribution is 0.0953. The van der Waals surface area contributed by atoms with Crippen molar-refractivity contribution in [3.05, 3.63) is 69.8 Å². The van der Waals surface area contributed by atoms with E-state index in [4.69, 9.17) is 4.74 Å². The van der Waals surface area contributed by atoms with Gasteiger partial charge in [0.15, 0.2) is 0 Å². The second kappa shape index (κ2) is 9.83. The predicted octanol–water partition coefficient (Wildman–Crippen LogP) is 2.34. The fourth-order valence-corrected chi connectivity index (χ4v) is 3.89. The van der Waals surface area contributed by atoms with Gasteiger partial charge in [-0.2, -0.15) is 5.10 Å². The van der Waals surface area contributed by atoms with Crippen molar-refractivity contribution in [3.63, 3.8) is 0 Å². The van der Waals surface area contributed by atoms with E-state index in [-0.39, 0.29) is 10.9 Å². The Morgan fingerprint density at radius 3 is 2.64 bits per heavy atom. The maximum atomic E-state index is 15.0. The van der Waals surface area contributed by atoms with E-state index in [0.29, 0.717) is 36.6 Å². The Kier molecular flexibility index (Phi) is 6.69. The minimum absolute atomic E-state index is 0.0921. The zero-order chi connectivity index (χ0) is 23.4. The summed E-state index contributed by atoms with van der Waals surface area (Å²) in [4.78, 5) is 27.7. The molecule has 172 valence electrons. The van der Waals surface area contributed by atoms with Crippen LogP contribution in [-0.2, 0) is 6.54 Å². The summed E-state index contributed by atoms with van der Waals surface area (Å²) in [6.07, 6.45) is 2.97. The first-order chi connectivity index (χ1) is 16.0. The van der Waals surface area contributed by atoms with Crippen molar-refractivity contribution in [2.24, 2.45) is 5.10 Å². The zero-order valence-corrected chi connectivity index (χ0v) is 18.6. The van der Waals surface area contributed by atoms with Crippen LogP contribution in [0.2, 0.25) is 0 Å². The summed E-state index contributed by atoms with van der Waals surface area (Å²) < 4.78 is 21.8. The number of rotatable bonds is 6. The molecular formula is C24H26FN5O3. The van der Waals surface area contributed by atoms with Crippen molar-refractivity contribution >= 4 is 28.7 Å². The molecule has 0 unspecified atom stereocenters. The summed E-state index contributed by atoms with van der Waals surface area (Å²) in [7, 11) is 1.58. The number of hydrogen-bond acceptors (Lipinski definition) is 6. The summed E-state index contributed by atoms with van der Waals surface area (Å²) in [6.45, 7) is 5.33. The second-order valence-corrected chi connectivity index (χ2v) is 7.69. The van der Waals surface area contributed by atoms with Gasteiger partial charge < -0.3 is 19.5 Å². The number of aromatic nitrogens is 1. The van der Waals surface area contributed by atoms with Crippen molar-refractivity contribution in [1.82, 2.24) is 15.3 Å². The number of carbonyl (C=O) groups excluding carboxylic acids is 1. The summed E-state index contributed by atoms with van der Waals surface area (Å²) in [5, 5.41) is 7.35. The number of anilines is 1. The minimum Gasteiger partial charge on any atom is -0.497 e. The van der Waals surface area contributed by atoms with E-state index >= 15 is 0 Å². The number of nitrogens with zero attached hydrogens (tertiary/aromatic N) is 3. The van der Waals surface area contributed by atoms with Gasteiger partial charge in [0.2, 0.25) is 5.43 Å². The van der Waals surface area contributed by atoms with Crippen LogP contribution >= 0.6 is 0 Å². The van der Waals surface area contributed by atoms with Gasteiger partial charge in [-0.15, -0.1) is 0 Å². The molecule has 2 aromatic carbocycles. The van der Waals surface area contributed by atoms with Crippen LogP contribution in [0.5, 0.6) is 5.75 Å². The van der Waals surface area contributed by atoms with E-state index in [1.165, 1.54) is 18.5 Å². The van der Waals surface area contributed by atoms with Crippen LogP contribution in [0, 0.1) is 5.82 Å². The molecule has 4 rings (SSSR count). The average Bonchev–Trinajstić information content (AvgIpc) is 2.85. The highest BCUT2D eigenvalue weighted by Gasteiger charge is 2.20. The van der Waals surface area contributed by atoms with Crippen LogP contribution in [0.25, 0.3) is 10.9 Å². The number of piperazine rings is 1. The Morgan fingerprint density at radius 2 is 1.97 bits per heavy atom. The molecule has 0 atom stereocenters. The van der Waals surface area contributed by atoms with E-state index in [1.807, 2.05) is 11.8 Å². The molecular weight excluding hydrogens is 425 g/mol. The molecule has 3 aromatic rings. The van der Waals surface area contributed by atoms with Gasteiger partial charge >= 0.3 is 0 Å². The summed E-state index contributed by atoms with van der Waals surface area (Å²) in [5.74, 6) is -0.417. The van der Waals surface area contributed by atoms with Gasteiger partial charge in [0.25, 0.3) is 5.91 Å². The van der Waals surface area contributed by atoms with E-state index in [2.05, 4.69) is 15.8 Å². The molecule has 0 radical (unpaired) electrons. The molecule has 9 heteroatoms. The molecule has 1 saturated heterocycles. The quantitative estimate of drug-likeness (QED) is 0.444. The molecule has 0 aliphatic carbocycles. The SMILES string of the molecule is CCn1cc(C(=O)N/N=C/c2ccc(OC)cc2)c(=O)c2cc(F)c(N3CCNCC3)cc21. The van der Waals surface area contributed by atoms with E-state index < -0.39 is 17.2 Å². The highest BCUT2D eigenvalue weighted by atomic mass is 19.1. The highest BCUT2D eigenvalue weighted by molar-refractivity contribution is 5.98.